The average Bonchev–Trinajstić information content (AvgIpc) is 2.57. The van der Waals surface area contributed by atoms with Crippen molar-refractivity contribution in [3.05, 3.63) is 73.1 Å². The predicted octanol–water partition coefficient (Wildman–Crippen LogP) is 3.50. The molecule has 2 radical (unpaired) electrons. The van der Waals surface area contributed by atoms with Crippen LogP contribution in [0.4, 0.5) is 0 Å². The third-order valence-electron chi connectivity index (χ3n) is 3.22. The smallest absolute Gasteiger partial charge is 0.141 e. The number of hydrogen-bond acceptors (Lipinski definition) is 4. The van der Waals surface area contributed by atoms with E-state index in [0.717, 1.165) is 10.8 Å². The van der Waals surface area contributed by atoms with Gasteiger partial charge in [0.2, 0.25) is 0 Å². The van der Waals surface area contributed by atoms with Crippen molar-refractivity contribution in [2.24, 2.45) is 0 Å². The van der Waals surface area contributed by atoms with Crippen LogP contribution in [0.1, 0.15) is 0 Å². The van der Waals surface area contributed by atoms with Gasteiger partial charge in [-0.3, -0.25) is 9.97 Å². The Hall–Kier alpha value is -1.57. The van der Waals surface area contributed by atoms with Gasteiger partial charge < -0.3 is 10.2 Å². The number of aromatic nitrogens is 2. The summed E-state index contributed by atoms with van der Waals surface area (Å²) in [5, 5.41) is 20.5. The van der Waals surface area contributed by atoms with Crippen molar-refractivity contribution in [3.8, 4) is 11.5 Å². The Bertz CT molecular complexity index is 841. The first-order valence-electron chi connectivity index (χ1n) is 6.81. The van der Waals surface area contributed by atoms with Gasteiger partial charge >= 0.3 is 0 Å². The van der Waals surface area contributed by atoms with E-state index >= 15 is 0 Å². The Morgan fingerprint density at radius 2 is 0.957 bits per heavy atom. The van der Waals surface area contributed by atoms with Gasteiger partial charge in [-0.05, 0) is 24.3 Å². The molecule has 0 bridgehead atoms. The quantitative estimate of drug-likeness (QED) is 0.422. The van der Waals surface area contributed by atoms with Crippen LogP contribution in [0.15, 0.2) is 73.1 Å². The number of pyridine rings is 2. The van der Waals surface area contributed by atoms with Gasteiger partial charge in [-0.2, -0.15) is 0 Å². The van der Waals surface area contributed by atoms with Crippen LogP contribution < -0.4 is 0 Å². The van der Waals surface area contributed by atoms with Gasteiger partial charge in [-0.25, -0.2) is 0 Å². The summed E-state index contributed by atoms with van der Waals surface area (Å²) in [4.78, 5) is 8.06. The molecular weight excluding hydrogens is 414 g/mol. The number of fused-ring (bicyclic) bond motifs is 2. The average molecular weight is 428 g/mol. The fourth-order valence-corrected chi connectivity index (χ4v) is 2.18. The molecule has 5 heteroatoms. The summed E-state index contributed by atoms with van der Waals surface area (Å²) in [6.07, 6.45) is 3.34. The van der Waals surface area contributed by atoms with Gasteiger partial charge in [0.25, 0.3) is 0 Å². The molecule has 4 nitrogen and oxygen atoms in total. The second kappa shape index (κ2) is 8.33. The van der Waals surface area contributed by atoms with Gasteiger partial charge in [-0.1, -0.05) is 36.4 Å². The molecule has 4 aromatic rings. The molecule has 0 aliphatic rings. The molecule has 4 rings (SSSR count). The van der Waals surface area contributed by atoms with Crippen LogP contribution in [0.3, 0.4) is 0 Å². The van der Waals surface area contributed by atoms with Crippen LogP contribution in [0.25, 0.3) is 21.8 Å². The van der Waals surface area contributed by atoms with E-state index in [2.05, 4.69) is 9.97 Å². The molecule has 2 heterocycles. The molecule has 2 N–H and O–H groups in total. The first-order valence-corrected chi connectivity index (χ1v) is 6.81. The summed E-state index contributed by atoms with van der Waals surface area (Å²) >= 11 is 0. The normalized spacial score (nSPS) is 9.74. The molecular formula is C18H14BaN2O2. The minimum Gasteiger partial charge on any atom is -0.506 e. The predicted molar refractivity (Wildman–Crippen MR) is 92.6 cm³/mol. The van der Waals surface area contributed by atoms with E-state index in [-0.39, 0.29) is 60.4 Å². The van der Waals surface area contributed by atoms with Crippen molar-refractivity contribution in [2.75, 3.05) is 0 Å². The maximum Gasteiger partial charge on any atom is 0.141 e. The monoisotopic (exact) mass is 428 g/mol. The van der Waals surface area contributed by atoms with Gasteiger partial charge in [0.15, 0.2) is 0 Å². The minimum atomic E-state index is 0. The number of rotatable bonds is 0. The van der Waals surface area contributed by atoms with E-state index < -0.39 is 0 Å². The molecule has 0 aliphatic heterocycles. The maximum atomic E-state index is 9.31. The largest absolute Gasteiger partial charge is 0.506 e. The van der Waals surface area contributed by atoms with Crippen LogP contribution in [0.2, 0.25) is 0 Å². The van der Waals surface area contributed by atoms with Gasteiger partial charge in [-0.15, -0.1) is 0 Å². The van der Waals surface area contributed by atoms with E-state index in [0.29, 0.717) is 11.0 Å². The Morgan fingerprint density at radius 3 is 1.35 bits per heavy atom. The molecule has 110 valence electrons. The molecule has 0 atom stereocenters. The molecule has 23 heavy (non-hydrogen) atoms. The Morgan fingerprint density at radius 1 is 0.565 bits per heavy atom. The maximum absolute atomic E-state index is 9.31. The fourth-order valence-electron chi connectivity index (χ4n) is 2.18. The van der Waals surface area contributed by atoms with Crippen LogP contribution in [0.5, 0.6) is 11.5 Å². The van der Waals surface area contributed by atoms with Gasteiger partial charge in [0, 0.05) is 72.0 Å². The fraction of sp³-hybridized carbons (Fsp3) is 0. The van der Waals surface area contributed by atoms with E-state index in [1.165, 1.54) is 0 Å². The van der Waals surface area contributed by atoms with Crippen LogP contribution in [-0.2, 0) is 0 Å². The summed E-state index contributed by atoms with van der Waals surface area (Å²) in [5.41, 5.74) is 1.32. The molecule has 0 fully saturated rings. The molecule has 0 saturated heterocycles. The number of para-hydroxylation sites is 2. The number of aromatic hydroxyl groups is 2. The molecule has 2 aromatic carbocycles. The van der Waals surface area contributed by atoms with Crippen molar-refractivity contribution in [2.45, 2.75) is 0 Å². The summed E-state index contributed by atoms with van der Waals surface area (Å²) in [5.74, 6) is 0.478. The summed E-state index contributed by atoms with van der Waals surface area (Å²) in [7, 11) is 0. The first-order chi connectivity index (χ1) is 10.8. The van der Waals surface area contributed by atoms with E-state index in [1.807, 2.05) is 36.4 Å². The zero-order valence-electron chi connectivity index (χ0n) is 12.4. The summed E-state index contributed by atoms with van der Waals surface area (Å²) < 4.78 is 0. The van der Waals surface area contributed by atoms with Crippen LogP contribution >= 0.6 is 0 Å². The molecule has 2 aromatic heterocycles. The second-order valence-electron chi connectivity index (χ2n) is 4.70. The van der Waals surface area contributed by atoms with Crippen molar-refractivity contribution < 1.29 is 10.2 Å². The van der Waals surface area contributed by atoms with Crippen LogP contribution in [-0.4, -0.2) is 69.1 Å². The number of phenolic OH excluding ortho intramolecular Hbond substituents is 2. The molecule has 0 amide bonds. The van der Waals surface area contributed by atoms with Crippen LogP contribution in [0, 0.1) is 0 Å². The number of benzene rings is 2. The first kappa shape index (κ1) is 17.8. The van der Waals surface area contributed by atoms with Crippen molar-refractivity contribution >= 4 is 70.7 Å². The minimum absolute atomic E-state index is 0. The Labute approximate surface area is 173 Å². The number of phenols is 2. The molecule has 0 aliphatic carbocycles. The Balaban J connectivity index is 0.000000160. The zero-order chi connectivity index (χ0) is 15.4. The van der Waals surface area contributed by atoms with Crippen molar-refractivity contribution in [3.63, 3.8) is 0 Å². The second-order valence-corrected chi connectivity index (χ2v) is 4.70. The van der Waals surface area contributed by atoms with Crippen molar-refractivity contribution in [1.82, 2.24) is 9.97 Å². The third kappa shape index (κ3) is 4.25. The number of hydrogen-bond donors (Lipinski definition) is 2. The summed E-state index contributed by atoms with van der Waals surface area (Å²) in [6, 6.07) is 18.3. The number of nitrogens with zero attached hydrogens (tertiary/aromatic N) is 2. The molecule has 0 spiro atoms. The molecule has 0 saturated carbocycles. The van der Waals surface area contributed by atoms with Gasteiger partial charge in [0.05, 0.1) is 0 Å². The van der Waals surface area contributed by atoms with E-state index in [9.17, 15) is 10.2 Å². The van der Waals surface area contributed by atoms with E-state index in [1.54, 1.807) is 36.7 Å². The third-order valence-corrected chi connectivity index (χ3v) is 3.22. The van der Waals surface area contributed by atoms with Gasteiger partial charge in [0.1, 0.15) is 22.5 Å². The van der Waals surface area contributed by atoms with E-state index in [4.69, 9.17) is 0 Å². The topological polar surface area (TPSA) is 66.2 Å². The summed E-state index contributed by atoms with van der Waals surface area (Å²) in [6.45, 7) is 0. The molecule has 0 unspecified atom stereocenters. The standard InChI is InChI=1S/2C9H7NO.Ba/c2*11-8-5-1-3-7-4-2-6-10-9(7)8;/h2*1-6,11H;. The Kier molecular flexibility index (Phi) is 6.44. The SMILES string of the molecule is Oc1cccc2cccnc12.Oc1cccc2cccnc12.[Ba]. The van der Waals surface area contributed by atoms with Crippen molar-refractivity contribution in [1.29, 1.82) is 0 Å². The zero-order valence-corrected chi connectivity index (χ0v) is 16.9.